The van der Waals surface area contributed by atoms with E-state index in [2.05, 4.69) is 19.2 Å². The molecule has 1 aromatic carbocycles. The van der Waals surface area contributed by atoms with Gasteiger partial charge in [0, 0.05) is 17.7 Å². The second kappa shape index (κ2) is 7.47. The molecule has 0 spiro atoms. The second-order valence-corrected chi connectivity index (χ2v) is 5.10. The van der Waals surface area contributed by atoms with Gasteiger partial charge in [0.05, 0.1) is 0 Å². The van der Waals surface area contributed by atoms with Crippen molar-refractivity contribution in [2.45, 2.75) is 46.1 Å². The van der Waals surface area contributed by atoms with E-state index in [0.29, 0.717) is 11.5 Å². The highest BCUT2D eigenvalue weighted by atomic mass is 19.1. The molecule has 0 amide bonds. The molecule has 0 aliphatic carbocycles. The molecule has 18 heavy (non-hydrogen) atoms. The molecule has 0 fully saturated rings. The Bertz CT molecular complexity index is 364. The summed E-state index contributed by atoms with van der Waals surface area (Å²) in [5.74, 6) is -0.315. The SMILES string of the molecule is CCNC(CCCC(C)C)c1ccc(F)cc1F. The molecule has 1 N–H and O–H groups in total. The maximum absolute atomic E-state index is 13.7. The number of hydrogen-bond donors (Lipinski definition) is 1. The molecule has 0 radical (unpaired) electrons. The Balaban J connectivity index is 2.70. The van der Waals surface area contributed by atoms with Crippen molar-refractivity contribution in [2.24, 2.45) is 5.92 Å². The van der Waals surface area contributed by atoms with Crippen molar-refractivity contribution in [2.75, 3.05) is 6.54 Å². The maximum Gasteiger partial charge on any atom is 0.130 e. The van der Waals surface area contributed by atoms with Crippen molar-refractivity contribution < 1.29 is 8.78 Å². The second-order valence-electron chi connectivity index (χ2n) is 5.10. The Morgan fingerprint density at radius 1 is 1.17 bits per heavy atom. The lowest BCUT2D eigenvalue weighted by molar-refractivity contribution is 0.439. The third-order valence-corrected chi connectivity index (χ3v) is 3.06. The van der Waals surface area contributed by atoms with Crippen LogP contribution in [-0.4, -0.2) is 6.54 Å². The largest absolute Gasteiger partial charge is 0.310 e. The van der Waals surface area contributed by atoms with Gasteiger partial charge in [0.15, 0.2) is 0 Å². The van der Waals surface area contributed by atoms with Crippen LogP contribution in [0.2, 0.25) is 0 Å². The lowest BCUT2D eigenvalue weighted by Gasteiger charge is -2.19. The van der Waals surface area contributed by atoms with Gasteiger partial charge < -0.3 is 5.32 Å². The van der Waals surface area contributed by atoms with Crippen LogP contribution in [-0.2, 0) is 0 Å². The summed E-state index contributed by atoms with van der Waals surface area (Å²) in [5, 5.41) is 3.27. The summed E-state index contributed by atoms with van der Waals surface area (Å²) in [6, 6.07) is 3.81. The molecule has 1 rings (SSSR count). The molecule has 1 aromatic rings. The Morgan fingerprint density at radius 2 is 1.89 bits per heavy atom. The molecule has 1 nitrogen and oxygen atoms in total. The lowest BCUT2D eigenvalue weighted by Crippen LogP contribution is -2.22. The molecule has 0 aliphatic heterocycles. The van der Waals surface area contributed by atoms with E-state index in [-0.39, 0.29) is 6.04 Å². The average Bonchev–Trinajstić information content (AvgIpc) is 2.28. The van der Waals surface area contributed by atoms with Crippen molar-refractivity contribution in [1.82, 2.24) is 5.32 Å². The van der Waals surface area contributed by atoms with Crippen LogP contribution in [0.25, 0.3) is 0 Å². The lowest BCUT2D eigenvalue weighted by atomic mass is 9.97. The Labute approximate surface area is 109 Å². The van der Waals surface area contributed by atoms with E-state index in [4.69, 9.17) is 0 Å². The van der Waals surface area contributed by atoms with Gasteiger partial charge in [-0.05, 0) is 24.9 Å². The Hall–Kier alpha value is -0.960. The molecule has 1 atom stereocenters. The zero-order valence-electron chi connectivity index (χ0n) is 11.5. The van der Waals surface area contributed by atoms with E-state index in [0.717, 1.165) is 31.9 Å². The van der Waals surface area contributed by atoms with Gasteiger partial charge in [0.25, 0.3) is 0 Å². The molecular formula is C15H23F2N. The normalized spacial score (nSPS) is 13.0. The van der Waals surface area contributed by atoms with Gasteiger partial charge in [-0.25, -0.2) is 8.78 Å². The zero-order chi connectivity index (χ0) is 13.5. The molecule has 0 saturated carbocycles. The third-order valence-electron chi connectivity index (χ3n) is 3.06. The summed E-state index contributed by atoms with van der Waals surface area (Å²) in [7, 11) is 0. The summed E-state index contributed by atoms with van der Waals surface area (Å²) < 4.78 is 26.6. The maximum atomic E-state index is 13.7. The molecule has 0 heterocycles. The van der Waals surface area contributed by atoms with Crippen molar-refractivity contribution in [3.63, 3.8) is 0 Å². The first kappa shape index (κ1) is 15.1. The topological polar surface area (TPSA) is 12.0 Å². The molecule has 0 saturated heterocycles. The van der Waals surface area contributed by atoms with Crippen molar-refractivity contribution in [3.05, 3.63) is 35.4 Å². The van der Waals surface area contributed by atoms with Gasteiger partial charge in [-0.1, -0.05) is 39.7 Å². The van der Waals surface area contributed by atoms with E-state index in [1.54, 1.807) is 6.07 Å². The number of benzene rings is 1. The van der Waals surface area contributed by atoms with Gasteiger partial charge in [-0.2, -0.15) is 0 Å². The van der Waals surface area contributed by atoms with Gasteiger partial charge >= 0.3 is 0 Å². The molecule has 0 bridgehead atoms. The highest BCUT2D eigenvalue weighted by Crippen LogP contribution is 2.23. The van der Waals surface area contributed by atoms with Crippen LogP contribution in [0.5, 0.6) is 0 Å². The van der Waals surface area contributed by atoms with E-state index >= 15 is 0 Å². The van der Waals surface area contributed by atoms with Crippen LogP contribution in [0, 0.1) is 17.6 Å². The van der Waals surface area contributed by atoms with Crippen LogP contribution in [0.4, 0.5) is 8.78 Å². The number of hydrogen-bond acceptors (Lipinski definition) is 1. The Morgan fingerprint density at radius 3 is 2.44 bits per heavy atom. The van der Waals surface area contributed by atoms with Crippen LogP contribution in [0.3, 0.4) is 0 Å². The molecule has 102 valence electrons. The fourth-order valence-corrected chi connectivity index (χ4v) is 2.13. The first-order chi connectivity index (χ1) is 8.54. The quantitative estimate of drug-likeness (QED) is 0.759. The molecule has 1 unspecified atom stereocenters. The highest BCUT2D eigenvalue weighted by molar-refractivity contribution is 5.22. The van der Waals surface area contributed by atoms with Gasteiger partial charge in [0.2, 0.25) is 0 Å². The van der Waals surface area contributed by atoms with E-state index in [9.17, 15) is 8.78 Å². The minimum absolute atomic E-state index is 0.0191. The fraction of sp³-hybridized carbons (Fsp3) is 0.600. The van der Waals surface area contributed by atoms with Crippen LogP contribution < -0.4 is 5.32 Å². The first-order valence-corrected chi connectivity index (χ1v) is 6.73. The van der Waals surface area contributed by atoms with Gasteiger partial charge in [0.1, 0.15) is 11.6 Å². The van der Waals surface area contributed by atoms with Gasteiger partial charge in [-0.3, -0.25) is 0 Å². The first-order valence-electron chi connectivity index (χ1n) is 6.73. The summed E-state index contributed by atoms with van der Waals surface area (Å²) >= 11 is 0. The minimum Gasteiger partial charge on any atom is -0.310 e. The monoisotopic (exact) mass is 255 g/mol. The predicted octanol–water partition coefficient (Wildman–Crippen LogP) is 4.44. The minimum atomic E-state index is -0.520. The average molecular weight is 255 g/mol. The molecular weight excluding hydrogens is 232 g/mol. The summed E-state index contributed by atoms with van der Waals surface area (Å²) in [6.45, 7) is 7.14. The molecule has 0 aromatic heterocycles. The highest BCUT2D eigenvalue weighted by Gasteiger charge is 2.15. The number of halogens is 2. The number of rotatable bonds is 7. The standard InChI is InChI=1S/C15H23F2N/c1-4-18-15(7-5-6-11(2)3)13-9-8-12(16)10-14(13)17/h8-11,15,18H,4-7H2,1-3H3. The Kier molecular flexibility index (Phi) is 6.27. The summed E-state index contributed by atoms with van der Waals surface area (Å²) in [5.41, 5.74) is 0.571. The summed E-state index contributed by atoms with van der Waals surface area (Å²) in [6.07, 6.45) is 3.06. The van der Waals surface area contributed by atoms with Crippen molar-refractivity contribution in [3.8, 4) is 0 Å². The number of nitrogens with one attached hydrogen (secondary N) is 1. The molecule has 0 aliphatic rings. The zero-order valence-corrected chi connectivity index (χ0v) is 11.5. The van der Waals surface area contributed by atoms with E-state index in [1.807, 2.05) is 6.92 Å². The van der Waals surface area contributed by atoms with E-state index < -0.39 is 11.6 Å². The van der Waals surface area contributed by atoms with E-state index in [1.165, 1.54) is 6.07 Å². The third kappa shape index (κ3) is 4.73. The van der Waals surface area contributed by atoms with Crippen LogP contribution >= 0.6 is 0 Å². The van der Waals surface area contributed by atoms with Crippen molar-refractivity contribution >= 4 is 0 Å². The molecule has 3 heteroatoms. The smallest absolute Gasteiger partial charge is 0.130 e. The predicted molar refractivity (Wildman–Crippen MR) is 71.5 cm³/mol. The van der Waals surface area contributed by atoms with Crippen molar-refractivity contribution in [1.29, 1.82) is 0 Å². The summed E-state index contributed by atoms with van der Waals surface area (Å²) in [4.78, 5) is 0. The van der Waals surface area contributed by atoms with Crippen LogP contribution in [0.1, 0.15) is 51.6 Å². The fourth-order valence-electron chi connectivity index (χ4n) is 2.13. The van der Waals surface area contributed by atoms with Crippen LogP contribution in [0.15, 0.2) is 18.2 Å². The van der Waals surface area contributed by atoms with Gasteiger partial charge in [-0.15, -0.1) is 0 Å².